The summed E-state index contributed by atoms with van der Waals surface area (Å²) in [4.78, 5) is 154. The molecule has 10 atom stereocenters. The molecule has 0 saturated heterocycles. The molecule has 1 rings (SSSR count). The lowest BCUT2D eigenvalue weighted by molar-refractivity contribution is -0.174. The van der Waals surface area contributed by atoms with Crippen molar-refractivity contribution in [3.63, 3.8) is 0 Å². The van der Waals surface area contributed by atoms with Crippen molar-refractivity contribution in [3.8, 4) is 0 Å². The van der Waals surface area contributed by atoms with Gasteiger partial charge in [-0.1, -0.05) is 169 Å². The van der Waals surface area contributed by atoms with E-state index in [4.69, 9.17) is 4.74 Å². The summed E-state index contributed by atoms with van der Waals surface area (Å²) in [6.07, 6.45) is -4.42. The average Bonchev–Trinajstić information content (AvgIpc) is 0.991. The van der Waals surface area contributed by atoms with E-state index in [0.29, 0.717) is 0 Å². The van der Waals surface area contributed by atoms with Gasteiger partial charge in [0.2, 0.25) is 53.2 Å². The van der Waals surface area contributed by atoms with E-state index in [0.717, 1.165) is 5.56 Å². The number of nitrogens with one attached hydrogen (secondary N) is 10. The molecule has 0 unspecified atom stereocenters. The minimum Gasteiger partial charge on any atom is -0.459 e. The first-order valence-electron chi connectivity index (χ1n) is 33.8. The molecule has 22 nitrogen and oxygen atoms in total. The number of alkyl halides is 3. The van der Waals surface area contributed by atoms with Crippen LogP contribution in [0.3, 0.4) is 0 Å². The number of rotatable bonds is 42. The summed E-state index contributed by atoms with van der Waals surface area (Å²) in [7, 11) is 0. The molecule has 536 valence electrons. The first-order valence-corrected chi connectivity index (χ1v) is 33.8. The summed E-state index contributed by atoms with van der Waals surface area (Å²) in [6, 6.07) is -3.44. The minimum atomic E-state index is -5.28. The summed E-state index contributed by atoms with van der Waals surface area (Å²) in [5.41, 5.74) is 0.770. The number of esters is 1. The Morgan fingerprint density at radius 3 is 0.638 bits per heavy atom. The molecule has 10 amide bonds. The number of carbonyl (C=O) groups excluding carboxylic acids is 11. The quantitative estimate of drug-likeness (QED) is 0.0283. The normalized spacial score (nSPS) is 15.2. The van der Waals surface area contributed by atoms with Crippen molar-refractivity contribution in [2.45, 2.75) is 276 Å². The second kappa shape index (κ2) is 41.9. The van der Waals surface area contributed by atoms with Crippen LogP contribution in [-0.4, -0.2) is 132 Å². The van der Waals surface area contributed by atoms with Gasteiger partial charge in [-0.15, -0.1) is 0 Å². The zero-order valence-corrected chi connectivity index (χ0v) is 59.7. The first kappa shape index (κ1) is 85.2. The van der Waals surface area contributed by atoms with E-state index >= 15 is 0 Å². The van der Waals surface area contributed by atoms with Crippen molar-refractivity contribution in [2.75, 3.05) is 0 Å². The molecular formula is C69H117F3N10O12. The molecule has 1 aromatic carbocycles. The Labute approximate surface area is 557 Å². The van der Waals surface area contributed by atoms with Gasteiger partial charge in [-0.3, -0.25) is 47.9 Å². The summed E-state index contributed by atoms with van der Waals surface area (Å²) in [5, 5.41) is 26.6. The molecule has 0 spiro atoms. The second-order valence-corrected chi connectivity index (χ2v) is 29.5. The van der Waals surface area contributed by atoms with Gasteiger partial charge in [0.25, 0.3) is 0 Å². The Balaban J connectivity index is 3.56. The third-order valence-electron chi connectivity index (χ3n) is 14.8. The van der Waals surface area contributed by atoms with E-state index in [1.54, 1.807) is 46.9 Å². The number of benzene rings is 1. The third-order valence-corrected chi connectivity index (χ3v) is 14.8. The molecule has 0 fully saturated rings. The Morgan fingerprint density at radius 1 is 0.287 bits per heavy atom. The number of halogens is 3. The molecule has 10 N–H and O–H groups in total. The van der Waals surface area contributed by atoms with Crippen LogP contribution in [0.2, 0.25) is 0 Å². The Bertz CT molecular complexity index is 2580. The second-order valence-electron chi connectivity index (χ2n) is 29.5. The van der Waals surface area contributed by atoms with Gasteiger partial charge in [0.15, 0.2) is 0 Å². The highest BCUT2D eigenvalue weighted by atomic mass is 19.4. The van der Waals surface area contributed by atoms with Crippen LogP contribution in [0.5, 0.6) is 0 Å². The number of carbonyl (C=O) groups is 11. The lowest BCUT2D eigenvalue weighted by atomic mass is 9.97. The lowest BCUT2D eigenvalue weighted by Crippen LogP contribution is -2.61. The van der Waals surface area contributed by atoms with Gasteiger partial charge in [-0.05, 0) is 129 Å². The summed E-state index contributed by atoms with van der Waals surface area (Å²) in [6.45, 7) is 36.3. The lowest BCUT2D eigenvalue weighted by Gasteiger charge is -2.30. The predicted octanol–water partition coefficient (Wildman–Crippen LogP) is 7.60. The van der Waals surface area contributed by atoms with Gasteiger partial charge in [0.05, 0.1) is 0 Å². The van der Waals surface area contributed by atoms with Crippen molar-refractivity contribution in [2.24, 2.45) is 59.2 Å². The Hall–Kier alpha value is -6.82. The number of ether oxygens (including phenoxy) is 1. The van der Waals surface area contributed by atoms with Gasteiger partial charge in [-0.2, -0.15) is 13.2 Å². The SMILES string of the molecule is CC(C)C[C@H](NC(=O)[C@H](CC(C)C)NC(=O)[C@H](CC(C)C)NC(=O)[C@H](CC(C)C)NC(=O)[C@H](CC(C)C)NC(=O)C(F)(F)F)C(=O)N[C@@H](CC(C)C)C(=O)N[C@@H](CC(C)C)C(=O)N[C@@H](CC(C)C)C(=O)N[C@@H](CC(C)C)C(=O)N[C@@H](CC(C)C)C(=O)OCc1ccccc1. The Kier molecular flexibility index (Phi) is 38.0. The van der Waals surface area contributed by atoms with Crippen LogP contribution in [0, 0.1) is 59.2 Å². The largest absolute Gasteiger partial charge is 0.471 e. The van der Waals surface area contributed by atoms with E-state index in [1.165, 1.54) is 0 Å². The van der Waals surface area contributed by atoms with Crippen molar-refractivity contribution in [3.05, 3.63) is 35.9 Å². The number of hydrogen-bond donors (Lipinski definition) is 10. The highest BCUT2D eigenvalue weighted by Crippen LogP contribution is 2.20. The van der Waals surface area contributed by atoms with Gasteiger partial charge in [0, 0.05) is 0 Å². The fourth-order valence-corrected chi connectivity index (χ4v) is 10.5. The molecule has 0 saturated carbocycles. The van der Waals surface area contributed by atoms with Crippen LogP contribution < -0.4 is 53.2 Å². The molecule has 0 radical (unpaired) electrons. The van der Waals surface area contributed by atoms with Gasteiger partial charge >= 0.3 is 18.1 Å². The van der Waals surface area contributed by atoms with Crippen LogP contribution in [0.1, 0.15) is 208 Å². The van der Waals surface area contributed by atoms with Crippen molar-refractivity contribution in [1.82, 2.24) is 53.2 Å². The summed E-state index contributed by atoms with van der Waals surface area (Å²) in [5.74, 6) is -11.5. The monoisotopic (exact) mass is 1330 g/mol. The zero-order valence-electron chi connectivity index (χ0n) is 59.7. The van der Waals surface area contributed by atoms with Gasteiger partial charge < -0.3 is 57.9 Å². The average molecular weight is 1340 g/mol. The maximum atomic E-state index is 14.6. The van der Waals surface area contributed by atoms with Crippen molar-refractivity contribution < 1.29 is 70.6 Å². The van der Waals surface area contributed by atoms with Crippen LogP contribution in [-0.2, 0) is 64.1 Å². The highest BCUT2D eigenvalue weighted by molar-refractivity contribution is 5.99. The minimum absolute atomic E-state index is 0.000827. The van der Waals surface area contributed by atoms with E-state index in [-0.39, 0.29) is 130 Å². The number of amides is 10. The smallest absolute Gasteiger partial charge is 0.459 e. The van der Waals surface area contributed by atoms with Gasteiger partial charge in [0.1, 0.15) is 67.0 Å². The maximum absolute atomic E-state index is 14.6. The fraction of sp³-hybridized carbons (Fsp3) is 0.754. The summed E-state index contributed by atoms with van der Waals surface area (Å²) >= 11 is 0. The Morgan fingerprint density at radius 2 is 0.457 bits per heavy atom. The first-order chi connectivity index (χ1) is 43.5. The standard InChI is InChI=1S/C69H117F3N10O12/c1-37(2)26-48(74-60(85)50(28-39(5)6)76-62(87)52(30-41(9)10)78-64(89)54(32-43(13)14)80-66(91)56(34-45(17)18)82-68(93)69(70,71)72)58(83)73-49(27-38(3)4)59(84)75-51(29-40(7)8)61(86)77-53(31-42(11)12)63(88)79-55(33-44(15)16)65(90)81-57(35-46(19)20)67(92)94-36-47-24-22-21-23-25-47/h21-25,37-46,48-57H,26-36H2,1-20H3,(H,73,83)(H,74,85)(H,75,84)(H,76,87)(H,77,86)(H,78,89)(H,79,88)(H,80,91)(H,81,90)(H,82,93)/t48-,49-,50-,51-,52-,53-,54-,55-,56-,57-/m0/s1. The molecule has 0 aliphatic rings. The molecular weight excluding hydrogens is 1220 g/mol. The van der Waals surface area contributed by atoms with E-state index < -0.39 is 132 Å². The van der Waals surface area contributed by atoms with E-state index in [1.807, 2.05) is 127 Å². The predicted molar refractivity (Wildman–Crippen MR) is 356 cm³/mol. The fourth-order valence-electron chi connectivity index (χ4n) is 10.5. The summed E-state index contributed by atoms with van der Waals surface area (Å²) < 4.78 is 45.5. The molecule has 94 heavy (non-hydrogen) atoms. The molecule has 0 aliphatic heterocycles. The topological polar surface area (TPSA) is 317 Å². The zero-order chi connectivity index (χ0) is 72.1. The van der Waals surface area contributed by atoms with Crippen LogP contribution in [0.4, 0.5) is 13.2 Å². The highest BCUT2D eigenvalue weighted by Gasteiger charge is 2.42. The molecule has 0 heterocycles. The van der Waals surface area contributed by atoms with E-state index in [9.17, 15) is 65.9 Å². The van der Waals surface area contributed by atoms with E-state index in [2.05, 4.69) is 47.9 Å². The van der Waals surface area contributed by atoms with Crippen LogP contribution in [0.15, 0.2) is 30.3 Å². The van der Waals surface area contributed by atoms with Crippen molar-refractivity contribution >= 4 is 65.0 Å². The third kappa shape index (κ3) is 34.5. The molecule has 0 bridgehead atoms. The van der Waals surface area contributed by atoms with Gasteiger partial charge in [-0.25, -0.2) is 4.79 Å². The van der Waals surface area contributed by atoms with Crippen LogP contribution >= 0.6 is 0 Å². The van der Waals surface area contributed by atoms with Crippen LogP contribution in [0.25, 0.3) is 0 Å². The maximum Gasteiger partial charge on any atom is 0.471 e. The molecule has 1 aromatic rings. The number of hydrogen-bond acceptors (Lipinski definition) is 12. The molecule has 0 aliphatic carbocycles. The molecule has 0 aromatic heterocycles. The van der Waals surface area contributed by atoms with Crippen molar-refractivity contribution in [1.29, 1.82) is 0 Å². The molecule has 25 heteroatoms.